The van der Waals surface area contributed by atoms with Crippen molar-refractivity contribution in [3.63, 3.8) is 0 Å². The van der Waals surface area contributed by atoms with Gasteiger partial charge in [0.15, 0.2) is 0 Å². The standard InChI is InChI=1S/C14H19Cl2NO2S/c1-14(2,3)20(19)8-7-17-13(18)9-10-11(15)5-4-6-12(10)16/h4-6H,7-9H2,1-3H3,(H,17,18). The van der Waals surface area contributed by atoms with Crippen LogP contribution in [0.1, 0.15) is 26.3 Å². The second-order valence-electron chi connectivity index (χ2n) is 5.39. The minimum Gasteiger partial charge on any atom is -0.355 e. The molecular formula is C14H19Cl2NO2S. The molecule has 20 heavy (non-hydrogen) atoms. The zero-order valence-corrected chi connectivity index (χ0v) is 14.2. The molecule has 1 unspecified atom stereocenters. The van der Waals surface area contributed by atoms with Crippen molar-refractivity contribution in [2.24, 2.45) is 0 Å². The molecule has 1 N–H and O–H groups in total. The molecular weight excluding hydrogens is 317 g/mol. The van der Waals surface area contributed by atoms with Gasteiger partial charge in [-0.3, -0.25) is 9.00 Å². The van der Waals surface area contributed by atoms with E-state index in [0.717, 1.165) is 0 Å². The Kier molecular flexibility index (Phi) is 6.49. The van der Waals surface area contributed by atoms with Crippen LogP contribution in [0.4, 0.5) is 0 Å². The first-order valence-electron chi connectivity index (χ1n) is 6.30. The summed E-state index contributed by atoms with van der Waals surface area (Å²) in [6, 6.07) is 5.13. The Labute approximate surface area is 132 Å². The van der Waals surface area contributed by atoms with Gasteiger partial charge in [0.25, 0.3) is 0 Å². The van der Waals surface area contributed by atoms with E-state index in [0.29, 0.717) is 27.9 Å². The molecule has 112 valence electrons. The minimum absolute atomic E-state index is 0.126. The summed E-state index contributed by atoms with van der Waals surface area (Å²) in [5.74, 6) is 0.261. The molecule has 0 aliphatic heterocycles. The van der Waals surface area contributed by atoms with Crippen LogP contribution in [0.5, 0.6) is 0 Å². The van der Waals surface area contributed by atoms with Gasteiger partial charge in [-0.1, -0.05) is 29.3 Å². The van der Waals surface area contributed by atoms with Crippen molar-refractivity contribution in [1.29, 1.82) is 0 Å². The average molecular weight is 336 g/mol. The van der Waals surface area contributed by atoms with Crippen LogP contribution < -0.4 is 5.32 Å². The van der Waals surface area contributed by atoms with E-state index in [1.807, 2.05) is 20.8 Å². The second kappa shape index (κ2) is 7.43. The van der Waals surface area contributed by atoms with Crippen LogP contribution in [0.25, 0.3) is 0 Å². The fourth-order valence-electron chi connectivity index (χ4n) is 1.51. The Morgan fingerprint density at radius 1 is 1.25 bits per heavy atom. The van der Waals surface area contributed by atoms with Gasteiger partial charge in [0.1, 0.15) is 0 Å². The summed E-state index contributed by atoms with van der Waals surface area (Å²) in [6.45, 7) is 6.11. The van der Waals surface area contributed by atoms with E-state index < -0.39 is 10.8 Å². The van der Waals surface area contributed by atoms with Gasteiger partial charge in [-0.15, -0.1) is 0 Å². The molecule has 6 heteroatoms. The first kappa shape index (κ1) is 17.5. The lowest BCUT2D eigenvalue weighted by Crippen LogP contribution is -2.33. The molecule has 0 aliphatic rings. The van der Waals surface area contributed by atoms with Crippen LogP contribution >= 0.6 is 23.2 Å². The van der Waals surface area contributed by atoms with Crippen LogP contribution in [0.2, 0.25) is 10.0 Å². The van der Waals surface area contributed by atoms with Crippen molar-refractivity contribution in [2.75, 3.05) is 12.3 Å². The maximum absolute atomic E-state index is 11.8. The summed E-state index contributed by atoms with van der Waals surface area (Å²) in [4.78, 5) is 11.8. The van der Waals surface area contributed by atoms with Gasteiger partial charge in [-0.05, 0) is 38.5 Å². The fraction of sp³-hybridized carbons (Fsp3) is 0.500. The molecule has 0 spiro atoms. The number of hydrogen-bond acceptors (Lipinski definition) is 2. The lowest BCUT2D eigenvalue weighted by Gasteiger charge is -2.17. The third-order valence-electron chi connectivity index (χ3n) is 2.69. The highest BCUT2D eigenvalue weighted by Crippen LogP contribution is 2.24. The van der Waals surface area contributed by atoms with Gasteiger partial charge in [-0.25, -0.2) is 0 Å². The van der Waals surface area contributed by atoms with Crippen molar-refractivity contribution in [1.82, 2.24) is 5.32 Å². The largest absolute Gasteiger partial charge is 0.355 e. The van der Waals surface area contributed by atoms with Gasteiger partial charge in [0, 0.05) is 37.9 Å². The van der Waals surface area contributed by atoms with E-state index in [2.05, 4.69) is 5.32 Å². The van der Waals surface area contributed by atoms with E-state index in [1.54, 1.807) is 18.2 Å². The minimum atomic E-state index is -0.976. The summed E-state index contributed by atoms with van der Waals surface area (Å²) in [5, 5.41) is 3.69. The molecule has 0 aromatic heterocycles. The topological polar surface area (TPSA) is 46.2 Å². The zero-order valence-electron chi connectivity index (χ0n) is 11.8. The van der Waals surface area contributed by atoms with E-state index in [1.165, 1.54) is 0 Å². The molecule has 1 aromatic rings. The fourth-order valence-corrected chi connectivity index (χ4v) is 2.94. The maximum atomic E-state index is 11.8. The second-order valence-corrected chi connectivity index (χ2v) is 8.53. The van der Waals surface area contributed by atoms with E-state index in [4.69, 9.17) is 23.2 Å². The highest BCUT2D eigenvalue weighted by molar-refractivity contribution is 7.86. The molecule has 0 bridgehead atoms. The van der Waals surface area contributed by atoms with Gasteiger partial charge < -0.3 is 5.32 Å². The summed E-state index contributed by atoms with van der Waals surface area (Å²) >= 11 is 12.0. The van der Waals surface area contributed by atoms with E-state index in [9.17, 15) is 9.00 Å². The molecule has 1 aromatic carbocycles. The summed E-state index contributed by atoms with van der Waals surface area (Å²) in [5.41, 5.74) is 0.616. The van der Waals surface area contributed by atoms with E-state index >= 15 is 0 Å². The molecule has 1 amide bonds. The molecule has 0 aliphatic carbocycles. The molecule has 3 nitrogen and oxygen atoms in total. The number of benzene rings is 1. The first-order chi connectivity index (χ1) is 9.21. The average Bonchev–Trinajstić information content (AvgIpc) is 2.32. The monoisotopic (exact) mass is 335 g/mol. The van der Waals surface area contributed by atoms with Crippen LogP contribution in [0.3, 0.4) is 0 Å². The van der Waals surface area contributed by atoms with Crippen LogP contribution in [-0.4, -0.2) is 27.2 Å². The Morgan fingerprint density at radius 2 is 1.80 bits per heavy atom. The maximum Gasteiger partial charge on any atom is 0.224 e. The van der Waals surface area contributed by atoms with E-state index in [-0.39, 0.29) is 17.1 Å². The van der Waals surface area contributed by atoms with Crippen LogP contribution in [0.15, 0.2) is 18.2 Å². The highest BCUT2D eigenvalue weighted by atomic mass is 35.5. The lowest BCUT2D eigenvalue weighted by atomic mass is 10.1. The molecule has 0 saturated carbocycles. The number of hydrogen-bond donors (Lipinski definition) is 1. The summed E-state index contributed by atoms with van der Waals surface area (Å²) in [7, 11) is -0.976. The van der Waals surface area contributed by atoms with Gasteiger partial charge in [-0.2, -0.15) is 0 Å². The van der Waals surface area contributed by atoms with Gasteiger partial charge in [0.2, 0.25) is 5.91 Å². The molecule has 1 rings (SSSR count). The SMILES string of the molecule is CC(C)(C)S(=O)CCNC(=O)Cc1c(Cl)cccc1Cl. The Hall–Kier alpha value is -0.580. The number of halogens is 2. The third-order valence-corrected chi connectivity index (χ3v) is 5.34. The Bertz CT molecular complexity index is 492. The molecule has 0 fully saturated rings. The number of nitrogens with one attached hydrogen (secondary N) is 1. The first-order valence-corrected chi connectivity index (χ1v) is 8.37. The molecule has 0 radical (unpaired) electrons. The van der Waals surface area contributed by atoms with Crippen molar-refractivity contribution in [2.45, 2.75) is 31.9 Å². The predicted molar refractivity (Wildman–Crippen MR) is 85.9 cm³/mol. The van der Waals surface area contributed by atoms with Crippen molar-refractivity contribution >= 4 is 39.9 Å². The molecule has 1 atom stereocenters. The molecule has 0 saturated heterocycles. The quantitative estimate of drug-likeness (QED) is 0.898. The normalized spacial score (nSPS) is 13.1. The smallest absolute Gasteiger partial charge is 0.224 e. The number of amides is 1. The van der Waals surface area contributed by atoms with Gasteiger partial charge >= 0.3 is 0 Å². The lowest BCUT2D eigenvalue weighted by molar-refractivity contribution is -0.120. The zero-order chi connectivity index (χ0) is 15.3. The van der Waals surface area contributed by atoms with Gasteiger partial charge in [0.05, 0.1) is 6.42 Å². The molecule has 0 heterocycles. The van der Waals surface area contributed by atoms with Crippen molar-refractivity contribution < 1.29 is 9.00 Å². The predicted octanol–water partition coefficient (Wildman–Crippen LogP) is 3.20. The number of rotatable bonds is 5. The number of carbonyl (C=O) groups excluding carboxylic acids is 1. The van der Waals surface area contributed by atoms with Crippen LogP contribution in [-0.2, 0) is 22.0 Å². The van der Waals surface area contributed by atoms with Crippen LogP contribution in [0, 0.1) is 0 Å². The third kappa shape index (κ3) is 5.43. The Balaban J connectivity index is 2.47. The summed E-state index contributed by atoms with van der Waals surface area (Å²) < 4.78 is 11.6. The number of carbonyl (C=O) groups is 1. The Morgan fingerprint density at radius 3 is 2.30 bits per heavy atom. The van der Waals surface area contributed by atoms with Crippen molar-refractivity contribution in [3.8, 4) is 0 Å². The highest BCUT2D eigenvalue weighted by Gasteiger charge is 2.19. The van der Waals surface area contributed by atoms with Crippen molar-refractivity contribution in [3.05, 3.63) is 33.8 Å². The summed E-state index contributed by atoms with van der Waals surface area (Å²) in [6.07, 6.45) is 0.126.